The molecule has 6 nitrogen and oxygen atoms in total. The van der Waals surface area contributed by atoms with E-state index in [0.717, 1.165) is 0 Å². The first-order valence-corrected chi connectivity index (χ1v) is 6.87. The number of aliphatic carboxylic acids is 1. The molecule has 0 saturated carbocycles. The van der Waals surface area contributed by atoms with Crippen LogP contribution in [-0.4, -0.2) is 32.4 Å². The molecule has 0 aromatic carbocycles. The summed E-state index contributed by atoms with van der Waals surface area (Å²) < 4.78 is 1.56. The van der Waals surface area contributed by atoms with Crippen molar-refractivity contribution in [3.05, 3.63) is 34.7 Å². The standard InChI is InChI=1S/C14H16ClN3O3/c1-7(2)11(14(20)21)17-13(19)12-8(3)16-10-5-4-9(15)6-18(10)12/h4-7,11H,1-3H3,(H,17,19)(H,20,21). The minimum atomic E-state index is -1.07. The maximum Gasteiger partial charge on any atom is 0.326 e. The maximum atomic E-state index is 12.4. The van der Waals surface area contributed by atoms with Crippen molar-refractivity contribution in [3.8, 4) is 0 Å². The Balaban J connectivity index is 2.41. The minimum Gasteiger partial charge on any atom is -0.480 e. The first-order chi connectivity index (χ1) is 9.81. The van der Waals surface area contributed by atoms with Gasteiger partial charge >= 0.3 is 5.97 Å². The van der Waals surface area contributed by atoms with Crippen molar-refractivity contribution in [2.45, 2.75) is 26.8 Å². The van der Waals surface area contributed by atoms with Crippen LogP contribution in [0.1, 0.15) is 30.0 Å². The van der Waals surface area contributed by atoms with E-state index in [1.807, 2.05) is 0 Å². The average Bonchev–Trinajstić information content (AvgIpc) is 2.70. The number of nitrogens with one attached hydrogen (secondary N) is 1. The van der Waals surface area contributed by atoms with Gasteiger partial charge in [0.15, 0.2) is 0 Å². The zero-order valence-electron chi connectivity index (χ0n) is 11.9. The molecule has 2 N–H and O–H groups in total. The number of imidazole rings is 1. The number of carbonyl (C=O) groups excluding carboxylic acids is 1. The predicted molar refractivity (Wildman–Crippen MR) is 78.7 cm³/mol. The smallest absolute Gasteiger partial charge is 0.326 e. The van der Waals surface area contributed by atoms with Crippen LogP contribution < -0.4 is 5.32 Å². The summed E-state index contributed by atoms with van der Waals surface area (Å²) in [5.74, 6) is -1.78. The van der Waals surface area contributed by atoms with Crippen molar-refractivity contribution in [3.63, 3.8) is 0 Å². The van der Waals surface area contributed by atoms with Crippen LogP contribution in [0.2, 0.25) is 5.02 Å². The van der Waals surface area contributed by atoms with E-state index in [1.54, 1.807) is 43.5 Å². The van der Waals surface area contributed by atoms with Crippen LogP contribution in [0.3, 0.4) is 0 Å². The Kier molecular flexibility index (Phi) is 4.18. The quantitative estimate of drug-likeness (QED) is 0.906. The molecule has 0 bridgehead atoms. The SMILES string of the molecule is Cc1nc2ccc(Cl)cn2c1C(=O)NC(C(=O)O)C(C)C. The second kappa shape index (κ2) is 5.73. The zero-order chi connectivity index (χ0) is 15.7. The third-order valence-electron chi connectivity index (χ3n) is 3.19. The Morgan fingerprint density at radius 3 is 2.62 bits per heavy atom. The number of hydrogen-bond acceptors (Lipinski definition) is 3. The summed E-state index contributed by atoms with van der Waals surface area (Å²) in [7, 11) is 0. The molecule has 0 saturated heterocycles. The molecule has 21 heavy (non-hydrogen) atoms. The molecule has 112 valence electrons. The molecule has 0 aliphatic rings. The van der Waals surface area contributed by atoms with Crippen molar-refractivity contribution in [2.75, 3.05) is 0 Å². The largest absolute Gasteiger partial charge is 0.480 e. The van der Waals surface area contributed by atoms with Crippen molar-refractivity contribution < 1.29 is 14.7 Å². The number of nitrogens with zero attached hydrogens (tertiary/aromatic N) is 2. The van der Waals surface area contributed by atoms with Gasteiger partial charge in [-0.05, 0) is 25.0 Å². The van der Waals surface area contributed by atoms with Gasteiger partial charge in [-0.15, -0.1) is 0 Å². The Morgan fingerprint density at radius 2 is 2.05 bits per heavy atom. The van der Waals surface area contributed by atoms with Gasteiger partial charge in [0.2, 0.25) is 0 Å². The van der Waals surface area contributed by atoms with Crippen LogP contribution in [0.25, 0.3) is 5.65 Å². The van der Waals surface area contributed by atoms with E-state index in [1.165, 1.54) is 0 Å². The molecule has 0 spiro atoms. The number of rotatable bonds is 4. The van der Waals surface area contributed by atoms with Gasteiger partial charge in [-0.25, -0.2) is 9.78 Å². The lowest BCUT2D eigenvalue weighted by Crippen LogP contribution is -2.44. The average molecular weight is 310 g/mol. The van der Waals surface area contributed by atoms with Crippen molar-refractivity contribution in [1.82, 2.24) is 14.7 Å². The molecule has 2 rings (SSSR count). The number of pyridine rings is 1. The van der Waals surface area contributed by atoms with E-state index >= 15 is 0 Å². The highest BCUT2D eigenvalue weighted by molar-refractivity contribution is 6.30. The monoisotopic (exact) mass is 309 g/mol. The highest BCUT2D eigenvalue weighted by Gasteiger charge is 2.26. The number of halogens is 1. The number of carbonyl (C=O) groups is 2. The topological polar surface area (TPSA) is 83.7 Å². The van der Waals surface area contributed by atoms with Crippen LogP contribution in [-0.2, 0) is 4.79 Å². The number of carboxylic acids is 1. The van der Waals surface area contributed by atoms with Crippen LogP contribution in [0, 0.1) is 12.8 Å². The number of amides is 1. The highest BCUT2D eigenvalue weighted by atomic mass is 35.5. The Hall–Kier alpha value is -2.08. The fourth-order valence-corrected chi connectivity index (χ4v) is 2.29. The third-order valence-corrected chi connectivity index (χ3v) is 3.41. The van der Waals surface area contributed by atoms with Gasteiger partial charge in [0, 0.05) is 6.20 Å². The lowest BCUT2D eigenvalue weighted by Gasteiger charge is -2.17. The van der Waals surface area contributed by atoms with E-state index in [4.69, 9.17) is 16.7 Å². The van der Waals surface area contributed by atoms with E-state index in [-0.39, 0.29) is 5.92 Å². The summed E-state index contributed by atoms with van der Waals surface area (Å²) >= 11 is 5.94. The number of aryl methyl sites for hydroxylation is 1. The molecular weight excluding hydrogens is 294 g/mol. The zero-order valence-corrected chi connectivity index (χ0v) is 12.7. The van der Waals surface area contributed by atoms with Crippen LogP contribution >= 0.6 is 11.6 Å². The van der Waals surface area contributed by atoms with E-state index in [9.17, 15) is 9.59 Å². The molecular formula is C14H16ClN3O3. The number of hydrogen-bond donors (Lipinski definition) is 2. The predicted octanol–water partition coefficient (Wildman–Crippen LogP) is 2.14. The Labute approximate surface area is 126 Å². The van der Waals surface area contributed by atoms with Gasteiger partial charge in [-0.3, -0.25) is 9.20 Å². The van der Waals surface area contributed by atoms with Gasteiger partial charge in [-0.1, -0.05) is 25.4 Å². The molecule has 2 heterocycles. The summed E-state index contributed by atoms with van der Waals surface area (Å²) in [5.41, 5.74) is 1.39. The van der Waals surface area contributed by atoms with Crippen molar-refractivity contribution in [1.29, 1.82) is 0 Å². The maximum absolute atomic E-state index is 12.4. The van der Waals surface area contributed by atoms with Crippen molar-refractivity contribution in [2.24, 2.45) is 5.92 Å². The molecule has 2 aromatic rings. The van der Waals surface area contributed by atoms with E-state index < -0.39 is 17.9 Å². The molecule has 0 aliphatic heterocycles. The summed E-state index contributed by atoms with van der Waals surface area (Å²) in [6.07, 6.45) is 1.58. The number of carboxylic acid groups (broad SMARTS) is 1. The van der Waals surface area contributed by atoms with Crippen LogP contribution in [0.15, 0.2) is 18.3 Å². The lowest BCUT2D eigenvalue weighted by molar-refractivity contribution is -0.140. The van der Waals surface area contributed by atoms with E-state index in [2.05, 4.69) is 10.3 Å². The van der Waals surface area contributed by atoms with Gasteiger partial charge in [0.25, 0.3) is 5.91 Å². The van der Waals surface area contributed by atoms with Gasteiger partial charge in [0.1, 0.15) is 17.4 Å². The van der Waals surface area contributed by atoms with Gasteiger partial charge in [-0.2, -0.15) is 0 Å². The van der Waals surface area contributed by atoms with Gasteiger partial charge in [0.05, 0.1) is 10.7 Å². The highest BCUT2D eigenvalue weighted by Crippen LogP contribution is 2.16. The second-order valence-corrected chi connectivity index (χ2v) is 5.59. The molecule has 0 fully saturated rings. The van der Waals surface area contributed by atoms with Crippen LogP contribution in [0.5, 0.6) is 0 Å². The summed E-state index contributed by atoms with van der Waals surface area (Å²) in [4.78, 5) is 27.9. The molecule has 0 aliphatic carbocycles. The molecule has 7 heteroatoms. The number of fused-ring (bicyclic) bond motifs is 1. The fourth-order valence-electron chi connectivity index (χ4n) is 2.13. The summed E-state index contributed by atoms with van der Waals surface area (Å²) in [6.45, 7) is 5.16. The summed E-state index contributed by atoms with van der Waals surface area (Å²) in [6, 6.07) is 2.42. The molecule has 1 atom stereocenters. The molecule has 1 amide bonds. The first kappa shape index (κ1) is 15.3. The third kappa shape index (κ3) is 3.00. The van der Waals surface area contributed by atoms with E-state index in [0.29, 0.717) is 22.1 Å². The van der Waals surface area contributed by atoms with Crippen molar-refractivity contribution >= 4 is 29.1 Å². The summed E-state index contributed by atoms with van der Waals surface area (Å²) in [5, 5.41) is 12.2. The normalized spacial score (nSPS) is 12.6. The lowest BCUT2D eigenvalue weighted by atomic mass is 10.0. The second-order valence-electron chi connectivity index (χ2n) is 5.15. The van der Waals surface area contributed by atoms with Gasteiger partial charge < -0.3 is 10.4 Å². The fraction of sp³-hybridized carbons (Fsp3) is 0.357. The minimum absolute atomic E-state index is 0.227. The Morgan fingerprint density at radius 1 is 1.38 bits per heavy atom. The first-order valence-electron chi connectivity index (χ1n) is 6.49. The molecule has 0 radical (unpaired) electrons. The van der Waals surface area contributed by atoms with Crippen LogP contribution in [0.4, 0.5) is 0 Å². The molecule has 2 aromatic heterocycles. The molecule has 1 unspecified atom stereocenters. The number of aromatic nitrogens is 2. The Bertz CT molecular complexity index is 709.